The molecule has 0 atom stereocenters. The maximum absolute atomic E-state index is 5.76. The Morgan fingerprint density at radius 3 is 2.58 bits per heavy atom. The lowest BCUT2D eigenvalue weighted by Gasteiger charge is -2.36. The van der Waals surface area contributed by atoms with Gasteiger partial charge in [-0.1, -0.05) is 23.4 Å². The number of hydrogen-bond donors (Lipinski definition) is 0. The molecule has 0 amide bonds. The molecule has 0 saturated carbocycles. The lowest BCUT2D eigenvalue weighted by atomic mass is 10.2. The summed E-state index contributed by atoms with van der Waals surface area (Å²) in [4.78, 5) is 4.94. The summed E-state index contributed by atoms with van der Waals surface area (Å²) < 4.78 is 10.8. The van der Waals surface area contributed by atoms with Crippen LogP contribution in [0.4, 0.5) is 5.69 Å². The fourth-order valence-electron chi connectivity index (χ4n) is 3.06. The van der Waals surface area contributed by atoms with Crippen LogP contribution in [0.1, 0.15) is 17.9 Å². The SMILES string of the molecule is Cc1cc(CCCOCCN2CCN(c3ccccc3)CC2)no1. The maximum Gasteiger partial charge on any atom is 0.133 e. The van der Waals surface area contributed by atoms with E-state index in [-0.39, 0.29) is 0 Å². The third kappa shape index (κ3) is 5.08. The van der Waals surface area contributed by atoms with E-state index in [0.717, 1.165) is 70.2 Å². The summed E-state index contributed by atoms with van der Waals surface area (Å²) in [7, 11) is 0. The van der Waals surface area contributed by atoms with Crippen molar-refractivity contribution >= 4 is 5.69 Å². The van der Waals surface area contributed by atoms with E-state index in [1.165, 1.54) is 5.69 Å². The third-order valence-electron chi connectivity index (χ3n) is 4.44. The number of ether oxygens (including phenoxy) is 1. The molecule has 0 spiro atoms. The Kier molecular flexibility index (Phi) is 6.26. The van der Waals surface area contributed by atoms with Crippen LogP contribution >= 0.6 is 0 Å². The van der Waals surface area contributed by atoms with Crippen molar-refractivity contribution in [2.75, 3.05) is 50.8 Å². The van der Waals surface area contributed by atoms with Gasteiger partial charge in [0.2, 0.25) is 0 Å². The van der Waals surface area contributed by atoms with Crippen molar-refractivity contribution in [2.45, 2.75) is 19.8 Å². The standard InChI is InChI=1S/C19H27N3O2/c1-17-16-18(20-24-17)6-5-14-23-15-13-21-9-11-22(12-10-21)19-7-3-2-4-8-19/h2-4,7-8,16H,5-6,9-15H2,1H3. The molecule has 1 fully saturated rings. The number of rotatable bonds is 8. The van der Waals surface area contributed by atoms with Gasteiger partial charge in [0, 0.05) is 51.1 Å². The van der Waals surface area contributed by atoms with Gasteiger partial charge in [-0.25, -0.2) is 0 Å². The van der Waals surface area contributed by atoms with Crippen LogP contribution in [0.5, 0.6) is 0 Å². The first kappa shape index (κ1) is 17.0. The maximum atomic E-state index is 5.76. The first-order valence-electron chi connectivity index (χ1n) is 8.83. The van der Waals surface area contributed by atoms with Crippen molar-refractivity contribution in [2.24, 2.45) is 0 Å². The molecule has 1 aliphatic heterocycles. The van der Waals surface area contributed by atoms with Gasteiger partial charge >= 0.3 is 0 Å². The average molecular weight is 329 g/mol. The Hall–Kier alpha value is -1.85. The van der Waals surface area contributed by atoms with Gasteiger partial charge in [-0.15, -0.1) is 0 Å². The Morgan fingerprint density at radius 1 is 1.08 bits per heavy atom. The Morgan fingerprint density at radius 2 is 1.88 bits per heavy atom. The zero-order chi connectivity index (χ0) is 16.6. The predicted molar refractivity (Wildman–Crippen MR) is 95.5 cm³/mol. The molecule has 24 heavy (non-hydrogen) atoms. The van der Waals surface area contributed by atoms with Gasteiger partial charge in [0.15, 0.2) is 0 Å². The van der Waals surface area contributed by atoms with Crippen LogP contribution in [0, 0.1) is 6.92 Å². The van der Waals surface area contributed by atoms with Crippen LogP contribution in [0.2, 0.25) is 0 Å². The molecule has 0 radical (unpaired) electrons. The number of para-hydroxylation sites is 1. The highest BCUT2D eigenvalue weighted by molar-refractivity contribution is 5.46. The molecule has 2 heterocycles. The van der Waals surface area contributed by atoms with Gasteiger partial charge < -0.3 is 14.2 Å². The van der Waals surface area contributed by atoms with Gasteiger partial charge in [0.05, 0.1) is 12.3 Å². The second kappa shape index (κ2) is 8.85. The molecular formula is C19H27N3O2. The highest BCUT2D eigenvalue weighted by Crippen LogP contribution is 2.15. The second-order valence-electron chi connectivity index (χ2n) is 6.31. The Balaban J connectivity index is 1.25. The van der Waals surface area contributed by atoms with Crippen LogP contribution in [0.15, 0.2) is 40.9 Å². The van der Waals surface area contributed by atoms with E-state index in [0.29, 0.717) is 0 Å². The number of anilines is 1. The second-order valence-corrected chi connectivity index (χ2v) is 6.31. The zero-order valence-electron chi connectivity index (χ0n) is 14.5. The van der Waals surface area contributed by atoms with Gasteiger partial charge in [-0.05, 0) is 31.9 Å². The number of aromatic nitrogens is 1. The number of nitrogens with zero attached hydrogens (tertiary/aromatic N) is 3. The minimum atomic E-state index is 0.788. The predicted octanol–water partition coefficient (Wildman–Crippen LogP) is 2.75. The number of piperazine rings is 1. The summed E-state index contributed by atoms with van der Waals surface area (Å²) in [5, 5.41) is 4.00. The minimum Gasteiger partial charge on any atom is -0.380 e. The van der Waals surface area contributed by atoms with Crippen LogP contribution in [-0.2, 0) is 11.2 Å². The van der Waals surface area contributed by atoms with Gasteiger partial charge in [0.25, 0.3) is 0 Å². The fourth-order valence-corrected chi connectivity index (χ4v) is 3.06. The first-order valence-corrected chi connectivity index (χ1v) is 8.83. The number of benzene rings is 1. The molecule has 1 aliphatic rings. The van der Waals surface area contributed by atoms with Crippen molar-refractivity contribution in [1.82, 2.24) is 10.1 Å². The molecular weight excluding hydrogens is 302 g/mol. The monoisotopic (exact) mass is 329 g/mol. The zero-order valence-corrected chi connectivity index (χ0v) is 14.5. The van der Waals surface area contributed by atoms with Crippen molar-refractivity contribution in [1.29, 1.82) is 0 Å². The normalized spacial score (nSPS) is 15.8. The van der Waals surface area contributed by atoms with Crippen molar-refractivity contribution in [3.63, 3.8) is 0 Å². The topological polar surface area (TPSA) is 41.7 Å². The van der Waals surface area contributed by atoms with E-state index in [4.69, 9.17) is 9.26 Å². The molecule has 2 aromatic rings. The summed E-state index contributed by atoms with van der Waals surface area (Å²) in [5.74, 6) is 0.876. The van der Waals surface area contributed by atoms with Crippen molar-refractivity contribution in [3.05, 3.63) is 47.9 Å². The van der Waals surface area contributed by atoms with E-state index in [9.17, 15) is 0 Å². The van der Waals surface area contributed by atoms with Crippen molar-refractivity contribution in [3.8, 4) is 0 Å². The molecule has 1 saturated heterocycles. The largest absolute Gasteiger partial charge is 0.380 e. The smallest absolute Gasteiger partial charge is 0.133 e. The molecule has 130 valence electrons. The number of aryl methyl sites for hydroxylation is 2. The summed E-state index contributed by atoms with van der Waals surface area (Å²) in [6.07, 6.45) is 1.92. The highest BCUT2D eigenvalue weighted by Gasteiger charge is 2.16. The minimum absolute atomic E-state index is 0.788. The van der Waals surface area contributed by atoms with Crippen LogP contribution < -0.4 is 4.90 Å². The summed E-state index contributed by atoms with van der Waals surface area (Å²) in [5.41, 5.74) is 2.35. The van der Waals surface area contributed by atoms with E-state index in [1.807, 2.05) is 13.0 Å². The molecule has 0 unspecified atom stereocenters. The molecule has 0 bridgehead atoms. The lowest BCUT2D eigenvalue weighted by Crippen LogP contribution is -2.47. The quantitative estimate of drug-likeness (QED) is 0.697. The lowest BCUT2D eigenvalue weighted by molar-refractivity contribution is 0.0997. The average Bonchev–Trinajstić information content (AvgIpc) is 3.04. The summed E-state index contributed by atoms with van der Waals surface area (Å²) in [6, 6.07) is 12.7. The first-order chi connectivity index (χ1) is 11.8. The van der Waals surface area contributed by atoms with E-state index < -0.39 is 0 Å². The molecule has 5 heteroatoms. The number of hydrogen-bond acceptors (Lipinski definition) is 5. The van der Waals surface area contributed by atoms with Crippen LogP contribution in [-0.4, -0.2) is 56.0 Å². The molecule has 0 N–H and O–H groups in total. The van der Waals surface area contributed by atoms with Gasteiger partial charge in [0.1, 0.15) is 5.76 Å². The molecule has 3 rings (SSSR count). The fraction of sp³-hybridized carbons (Fsp3) is 0.526. The van der Waals surface area contributed by atoms with E-state index in [1.54, 1.807) is 0 Å². The highest BCUT2D eigenvalue weighted by atomic mass is 16.5. The summed E-state index contributed by atoms with van der Waals surface area (Å²) in [6.45, 7) is 8.94. The van der Waals surface area contributed by atoms with Crippen molar-refractivity contribution < 1.29 is 9.26 Å². The Labute approximate surface area is 144 Å². The van der Waals surface area contributed by atoms with Crippen LogP contribution in [0.3, 0.4) is 0 Å². The molecule has 1 aromatic carbocycles. The molecule has 1 aromatic heterocycles. The molecule has 0 aliphatic carbocycles. The third-order valence-corrected chi connectivity index (χ3v) is 4.44. The van der Waals surface area contributed by atoms with Gasteiger partial charge in [-0.2, -0.15) is 0 Å². The molecule has 5 nitrogen and oxygen atoms in total. The van der Waals surface area contributed by atoms with Crippen LogP contribution in [0.25, 0.3) is 0 Å². The van der Waals surface area contributed by atoms with E-state index in [2.05, 4.69) is 45.3 Å². The summed E-state index contributed by atoms with van der Waals surface area (Å²) >= 11 is 0. The van der Waals surface area contributed by atoms with E-state index >= 15 is 0 Å². The van der Waals surface area contributed by atoms with Gasteiger partial charge in [-0.3, -0.25) is 4.90 Å². The Bertz CT molecular complexity index is 592.